The largest absolute Gasteiger partial charge is 0.507 e. The first-order valence-corrected chi connectivity index (χ1v) is 10.2. The Balaban J connectivity index is 1.72. The lowest BCUT2D eigenvalue weighted by atomic mass is 9.94. The molecule has 0 radical (unpaired) electrons. The molecule has 1 fully saturated rings. The van der Waals surface area contributed by atoms with Crippen molar-refractivity contribution in [1.82, 2.24) is 5.16 Å². The molecular weight excluding hydrogens is 404 g/mol. The molecule has 158 valence electrons. The molecule has 0 spiro atoms. The lowest BCUT2D eigenvalue weighted by Crippen LogP contribution is -2.29. The number of aromatic nitrogens is 1. The van der Waals surface area contributed by atoms with Crippen molar-refractivity contribution in [2.75, 3.05) is 4.90 Å². The zero-order chi connectivity index (χ0) is 22.4. The summed E-state index contributed by atoms with van der Waals surface area (Å²) in [7, 11) is 0. The molecule has 0 bridgehead atoms. The second kappa shape index (κ2) is 7.50. The van der Waals surface area contributed by atoms with Crippen LogP contribution in [0.4, 0.5) is 5.82 Å². The Bertz CT molecular complexity index is 1400. The summed E-state index contributed by atoms with van der Waals surface area (Å²) in [5.74, 6) is -0.998. The number of aliphatic hydroxyl groups excluding tert-OH is 1. The highest BCUT2D eigenvalue weighted by atomic mass is 16.5. The van der Waals surface area contributed by atoms with Gasteiger partial charge in [0.05, 0.1) is 11.6 Å². The van der Waals surface area contributed by atoms with Crippen molar-refractivity contribution < 1.29 is 19.2 Å². The second-order valence-corrected chi connectivity index (χ2v) is 7.94. The Labute approximate surface area is 184 Å². The van der Waals surface area contributed by atoms with Crippen molar-refractivity contribution in [3.05, 3.63) is 101 Å². The SMILES string of the molecule is Cc1ccc([C@@H]2C(=C(O)c3ccc4ccccc4c3)C(=O)C(=O)N2c2cc(C)on2)cc1. The monoisotopic (exact) mass is 424 g/mol. The maximum atomic E-state index is 13.2. The summed E-state index contributed by atoms with van der Waals surface area (Å²) < 4.78 is 5.16. The second-order valence-electron chi connectivity index (χ2n) is 7.94. The predicted molar refractivity (Wildman–Crippen MR) is 121 cm³/mol. The molecule has 3 aromatic carbocycles. The Morgan fingerprint density at radius 1 is 0.938 bits per heavy atom. The molecule has 6 heteroatoms. The van der Waals surface area contributed by atoms with Crippen molar-refractivity contribution in [2.24, 2.45) is 0 Å². The van der Waals surface area contributed by atoms with Crippen LogP contribution in [0.15, 0.2) is 82.9 Å². The first-order valence-electron chi connectivity index (χ1n) is 10.2. The zero-order valence-electron chi connectivity index (χ0n) is 17.6. The molecular formula is C26H20N2O4. The Morgan fingerprint density at radius 3 is 2.34 bits per heavy atom. The molecule has 0 aliphatic carbocycles. The number of rotatable bonds is 3. The molecule has 2 heterocycles. The number of hydrogen-bond acceptors (Lipinski definition) is 5. The lowest BCUT2D eigenvalue weighted by molar-refractivity contribution is -0.132. The standard InChI is InChI=1S/C26H20N2O4/c1-15-7-9-18(10-8-15)23-22(25(30)26(31)28(23)21-13-16(2)32-27-21)24(29)20-12-11-17-5-3-4-6-19(17)14-20/h3-14,23,29H,1-2H3/t23-/m1/s1. The molecule has 4 aromatic rings. The predicted octanol–water partition coefficient (Wildman–Crippen LogP) is 5.07. The van der Waals surface area contributed by atoms with Crippen LogP contribution in [0.3, 0.4) is 0 Å². The normalized spacial score (nSPS) is 17.9. The maximum absolute atomic E-state index is 13.2. The number of Topliss-reactive ketones (excluding diaryl/α,β-unsaturated/α-hetero) is 1. The van der Waals surface area contributed by atoms with Crippen LogP contribution in [-0.2, 0) is 9.59 Å². The minimum atomic E-state index is -0.827. The van der Waals surface area contributed by atoms with E-state index in [1.54, 1.807) is 19.1 Å². The smallest absolute Gasteiger partial charge is 0.301 e. The van der Waals surface area contributed by atoms with Gasteiger partial charge >= 0.3 is 5.91 Å². The van der Waals surface area contributed by atoms with Crippen LogP contribution in [0.25, 0.3) is 16.5 Å². The van der Waals surface area contributed by atoms with E-state index >= 15 is 0 Å². The number of nitrogens with zero attached hydrogens (tertiary/aromatic N) is 2. The van der Waals surface area contributed by atoms with E-state index in [-0.39, 0.29) is 17.2 Å². The maximum Gasteiger partial charge on any atom is 0.301 e. The van der Waals surface area contributed by atoms with E-state index in [9.17, 15) is 14.7 Å². The van der Waals surface area contributed by atoms with E-state index in [0.717, 1.165) is 16.3 Å². The number of ketones is 1. The third-order valence-electron chi connectivity index (χ3n) is 5.72. The number of benzene rings is 3. The highest BCUT2D eigenvalue weighted by Crippen LogP contribution is 2.42. The molecule has 0 unspecified atom stereocenters. The summed E-state index contributed by atoms with van der Waals surface area (Å²) >= 11 is 0. The summed E-state index contributed by atoms with van der Waals surface area (Å²) in [6.45, 7) is 3.67. The van der Waals surface area contributed by atoms with Crippen LogP contribution in [0, 0.1) is 13.8 Å². The molecule has 5 rings (SSSR count). The first kappa shape index (κ1) is 19.8. The highest BCUT2D eigenvalue weighted by molar-refractivity contribution is 6.51. The fourth-order valence-electron chi connectivity index (χ4n) is 4.09. The third-order valence-corrected chi connectivity index (χ3v) is 5.72. The van der Waals surface area contributed by atoms with Gasteiger partial charge in [0.25, 0.3) is 5.78 Å². The number of aryl methyl sites for hydroxylation is 2. The third kappa shape index (κ3) is 3.17. The van der Waals surface area contributed by atoms with Crippen LogP contribution in [0.5, 0.6) is 0 Å². The summed E-state index contributed by atoms with van der Waals surface area (Å²) in [6, 6.07) is 21.4. The van der Waals surface area contributed by atoms with Crippen LogP contribution in [0.2, 0.25) is 0 Å². The molecule has 1 N–H and O–H groups in total. The van der Waals surface area contributed by atoms with Gasteiger partial charge in [-0.15, -0.1) is 0 Å². The molecule has 32 heavy (non-hydrogen) atoms. The number of fused-ring (bicyclic) bond motifs is 1. The molecule has 6 nitrogen and oxygen atoms in total. The molecule has 1 aliphatic rings. The van der Waals surface area contributed by atoms with Crippen molar-refractivity contribution >= 4 is 34.0 Å². The van der Waals surface area contributed by atoms with Gasteiger partial charge < -0.3 is 9.63 Å². The van der Waals surface area contributed by atoms with Crippen LogP contribution >= 0.6 is 0 Å². The first-order chi connectivity index (χ1) is 15.4. The fourth-order valence-corrected chi connectivity index (χ4v) is 4.09. The number of carbonyl (C=O) groups excluding carboxylic acids is 2. The Morgan fingerprint density at radius 2 is 1.66 bits per heavy atom. The van der Waals surface area contributed by atoms with E-state index in [1.165, 1.54) is 4.90 Å². The van der Waals surface area contributed by atoms with Crippen molar-refractivity contribution in [1.29, 1.82) is 0 Å². The Hall–Kier alpha value is -4.19. The van der Waals surface area contributed by atoms with E-state index in [1.807, 2.05) is 67.6 Å². The van der Waals surface area contributed by atoms with E-state index in [4.69, 9.17) is 4.52 Å². The zero-order valence-corrected chi connectivity index (χ0v) is 17.6. The number of aliphatic hydroxyl groups is 1. The van der Waals surface area contributed by atoms with Gasteiger partial charge in [0.2, 0.25) is 0 Å². The van der Waals surface area contributed by atoms with Gasteiger partial charge in [0.15, 0.2) is 5.82 Å². The topological polar surface area (TPSA) is 83.6 Å². The van der Waals surface area contributed by atoms with Crippen LogP contribution < -0.4 is 4.90 Å². The molecule has 1 atom stereocenters. The molecule has 1 saturated heterocycles. The fraction of sp³-hybridized carbons (Fsp3) is 0.115. The van der Waals surface area contributed by atoms with Crippen LogP contribution in [0.1, 0.15) is 28.5 Å². The van der Waals surface area contributed by atoms with Crippen molar-refractivity contribution in [2.45, 2.75) is 19.9 Å². The number of carbonyl (C=O) groups is 2. The Kier molecular flexibility index (Phi) is 4.63. The highest BCUT2D eigenvalue weighted by Gasteiger charge is 2.48. The molecule has 1 aromatic heterocycles. The molecule has 1 amide bonds. The van der Waals surface area contributed by atoms with Gasteiger partial charge in [0.1, 0.15) is 11.5 Å². The van der Waals surface area contributed by atoms with Gasteiger partial charge in [-0.05, 0) is 36.2 Å². The minimum Gasteiger partial charge on any atom is -0.507 e. The number of amides is 1. The quantitative estimate of drug-likeness (QED) is 0.282. The summed E-state index contributed by atoms with van der Waals surface area (Å²) in [5.41, 5.74) is 2.22. The summed E-state index contributed by atoms with van der Waals surface area (Å²) in [6.07, 6.45) is 0. The van der Waals surface area contributed by atoms with Crippen molar-refractivity contribution in [3.63, 3.8) is 0 Å². The molecule has 0 saturated carbocycles. The van der Waals surface area contributed by atoms with E-state index < -0.39 is 17.7 Å². The lowest BCUT2D eigenvalue weighted by Gasteiger charge is -2.23. The number of anilines is 1. The average Bonchev–Trinajstić information content (AvgIpc) is 3.34. The van der Waals surface area contributed by atoms with Gasteiger partial charge in [-0.2, -0.15) is 0 Å². The summed E-state index contributed by atoms with van der Waals surface area (Å²) in [5, 5.41) is 17.2. The van der Waals surface area contributed by atoms with Crippen LogP contribution in [-0.4, -0.2) is 22.0 Å². The summed E-state index contributed by atoms with van der Waals surface area (Å²) in [4.78, 5) is 27.5. The van der Waals surface area contributed by atoms with Crippen molar-refractivity contribution in [3.8, 4) is 0 Å². The van der Waals surface area contributed by atoms with E-state index in [0.29, 0.717) is 16.9 Å². The molecule has 1 aliphatic heterocycles. The average molecular weight is 424 g/mol. The van der Waals surface area contributed by atoms with Gasteiger partial charge in [0, 0.05) is 11.6 Å². The number of hydrogen-bond donors (Lipinski definition) is 1. The van der Waals surface area contributed by atoms with E-state index in [2.05, 4.69) is 5.16 Å². The van der Waals surface area contributed by atoms with Gasteiger partial charge in [-0.3, -0.25) is 14.5 Å². The van der Waals surface area contributed by atoms with Gasteiger partial charge in [-0.25, -0.2) is 0 Å². The minimum absolute atomic E-state index is 0.0230. The van der Waals surface area contributed by atoms with Gasteiger partial charge in [-0.1, -0.05) is 71.4 Å².